The molecule has 0 bridgehead atoms. The van der Waals surface area contributed by atoms with E-state index in [0.29, 0.717) is 0 Å². The topological polar surface area (TPSA) is 61.0 Å². The molecule has 4 nitrogen and oxygen atoms in total. The Balaban J connectivity index is 2.87. The molecule has 76 valence electrons. The van der Waals surface area contributed by atoms with Crippen molar-refractivity contribution in [3.63, 3.8) is 0 Å². The van der Waals surface area contributed by atoms with Gasteiger partial charge in [0.15, 0.2) is 0 Å². The van der Waals surface area contributed by atoms with Gasteiger partial charge in [0.25, 0.3) is 0 Å². The fourth-order valence-corrected chi connectivity index (χ4v) is 1.98. The number of amides is 2. The van der Waals surface area contributed by atoms with Gasteiger partial charge in [0.1, 0.15) is 11.1 Å². The van der Waals surface area contributed by atoms with Crippen LogP contribution < -0.4 is 0 Å². The van der Waals surface area contributed by atoms with Crippen molar-refractivity contribution in [1.82, 2.24) is 0 Å². The molecular weight excluding hydrogens is 262 g/mol. The number of imide groups is 1. The predicted octanol–water partition coefficient (Wildman–Crippen LogP) is 2.98. The zero-order chi connectivity index (χ0) is 11.3. The van der Waals surface area contributed by atoms with Gasteiger partial charge in [-0.2, -0.15) is 0 Å². The van der Waals surface area contributed by atoms with Crippen LogP contribution in [-0.4, -0.2) is 16.5 Å². The molecule has 0 atom stereocenters. The van der Waals surface area contributed by atoms with Gasteiger partial charge in [0, 0.05) is 4.70 Å². The van der Waals surface area contributed by atoms with Crippen molar-refractivity contribution < 1.29 is 14.3 Å². The van der Waals surface area contributed by atoms with Crippen LogP contribution in [0.15, 0.2) is 6.07 Å². The van der Waals surface area contributed by atoms with Crippen molar-refractivity contribution in [3.05, 3.63) is 32.3 Å². The van der Waals surface area contributed by atoms with Gasteiger partial charge in [-0.1, -0.05) is 34.8 Å². The van der Waals surface area contributed by atoms with Crippen LogP contribution >= 0.6 is 34.8 Å². The van der Waals surface area contributed by atoms with E-state index in [4.69, 9.17) is 40.3 Å². The second-order valence-electron chi connectivity index (χ2n) is 2.85. The second kappa shape index (κ2) is 3.27. The highest BCUT2D eigenvalue weighted by atomic mass is 35.5. The van der Waals surface area contributed by atoms with Gasteiger partial charge in [-0.25, -0.2) is 9.59 Å². The molecule has 1 N–H and O–H groups in total. The van der Waals surface area contributed by atoms with Crippen LogP contribution in [0.25, 0.3) is 0 Å². The molecule has 1 aromatic rings. The maximum absolute atomic E-state index is 11.4. The van der Waals surface area contributed by atoms with Crippen LogP contribution in [0.2, 0.25) is 15.1 Å². The van der Waals surface area contributed by atoms with Gasteiger partial charge in [-0.05, 0) is 11.6 Å². The molecule has 0 radical (unpaired) electrons. The molecule has 1 aliphatic rings. The molecule has 0 saturated heterocycles. The zero-order valence-electron chi connectivity index (χ0n) is 6.97. The van der Waals surface area contributed by atoms with Crippen molar-refractivity contribution in [2.24, 2.45) is 0 Å². The van der Waals surface area contributed by atoms with Crippen LogP contribution in [-0.2, 0) is 0 Å². The Labute approximate surface area is 98.8 Å². The summed E-state index contributed by atoms with van der Waals surface area (Å²) in [5, 5.41) is -0.00216. The van der Waals surface area contributed by atoms with Gasteiger partial charge < -0.3 is 0 Å². The van der Waals surface area contributed by atoms with Crippen molar-refractivity contribution in [1.29, 1.82) is 5.53 Å². The van der Waals surface area contributed by atoms with Gasteiger partial charge in [-0.15, -0.1) is 0 Å². The summed E-state index contributed by atoms with van der Waals surface area (Å²) in [6, 6.07) is 1.24. The number of hydrogen-bond donors (Lipinski definition) is 1. The molecule has 2 amide bonds. The van der Waals surface area contributed by atoms with Gasteiger partial charge in [-0.3, -0.25) is 0 Å². The minimum absolute atomic E-state index is 0.00790. The van der Waals surface area contributed by atoms with E-state index in [9.17, 15) is 9.59 Å². The van der Waals surface area contributed by atoms with Crippen LogP contribution in [0.3, 0.4) is 0 Å². The first-order valence-electron chi connectivity index (χ1n) is 3.72. The molecule has 0 unspecified atom stereocenters. The Kier molecular flexibility index (Phi) is 2.30. The number of hydrogen-bond acceptors (Lipinski definition) is 3. The van der Waals surface area contributed by atoms with Gasteiger partial charge in [0.2, 0.25) is 0 Å². The van der Waals surface area contributed by atoms with E-state index < -0.39 is 11.8 Å². The molecule has 0 spiro atoms. The molecule has 7 heteroatoms. The molecule has 15 heavy (non-hydrogen) atoms. The first-order valence-corrected chi connectivity index (χ1v) is 4.86. The fraction of sp³-hybridized carbons (Fsp3) is 0. The van der Waals surface area contributed by atoms with Crippen molar-refractivity contribution in [2.45, 2.75) is 0 Å². The van der Waals surface area contributed by atoms with E-state index in [1.165, 1.54) is 6.07 Å². The molecule has 1 heterocycles. The van der Waals surface area contributed by atoms with Crippen LogP contribution in [0.5, 0.6) is 0 Å². The lowest BCUT2D eigenvalue weighted by atomic mass is 10.1. The van der Waals surface area contributed by atoms with Gasteiger partial charge in [0.05, 0.1) is 15.1 Å². The Hall–Kier alpha value is -0.970. The summed E-state index contributed by atoms with van der Waals surface area (Å²) in [6.45, 7) is 0. The van der Waals surface area contributed by atoms with Crippen LogP contribution in [0.1, 0.15) is 20.7 Å². The lowest BCUT2D eigenvalue weighted by molar-refractivity contribution is -0.420. The predicted molar refractivity (Wildman–Crippen MR) is 53.1 cm³/mol. The molecule has 1 aliphatic heterocycles. The molecule has 1 aromatic carbocycles. The maximum Gasteiger partial charge on any atom is 0.454 e. The Bertz CT molecular complexity index is 539. The van der Waals surface area contributed by atoms with E-state index in [1.807, 2.05) is 0 Å². The lowest BCUT2D eigenvalue weighted by Gasteiger charge is -1.99. The summed E-state index contributed by atoms with van der Waals surface area (Å²) in [7, 11) is 0. The average molecular weight is 264 g/mol. The second-order valence-corrected chi connectivity index (χ2v) is 4.02. The van der Waals surface area contributed by atoms with Crippen LogP contribution in [0, 0.1) is 5.53 Å². The maximum atomic E-state index is 11.4. The average Bonchev–Trinajstić information content (AvgIpc) is 2.40. The normalized spacial score (nSPS) is 14.7. The molecule has 0 saturated carbocycles. The molecule has 0 aromatic heterocycles. The molecule has 0 aliphatic carbocycles. The van der Waals surface area contributed by atoms with E-state index in [-0.39, 0.29) is 30.9 Å². The summed E-state index contributed by atoms with van der Waals surface area (Å²) in [4.78, 5) is 22.8. The largest absolute Gasteiger partial charge is 0.454 e. The summed E-state index contributed by atoms with van der Waals surface area (Å²) in [6.07, 6.45) is 0. The quantitative estimate of drug-likeness (QED) is 0.445. The number of halogens is 3. The highest BCUT2D eigenvalue weighted by Crippen LogP contribution is 2.38. The first kappa shape index (κ1) is 10.5. The minimum atomic E-state index is -0.793. The minimum Gasteiger partial charge on any atom is -0.211 e. The smallest absolute Gasteiger partial charge is 0.211 e. The molecule has 2 rings (SSSR count). The summed E-state index contributed by atoms with van der Waals surface area (Å²) < 4.78 is 0.225. The highest BCUT2D eigenvalue weighted by molar-refractivity contribution is 6.50. The third kappa shape index (κ3) is 1.29. The number of fused-ring (bicyclic) bond motifs is 1. The van der Waals surface area contributed by atoms with Gasteiger partial charge >= 0.3 is 11.8 Å². The number of rotatable bonds is 0. The highest BCUT2D eigenvalue weighted by Gasteiger charge is 2.46. The number of carbonyl (C=O) groups is 2. The van der Waals surface area contributed by atoms with E-state index >= 15 is 0 Å². The van der Waals surface area contributed by atoms with E-state index in [2.05, 4.69) is 0 Å². The van der Waals surface area contributed by atoms with Crippen molar-refractivity contribution in [2.75, 3.05) is 0 Å². The Morgan fingerprint density at radius 2 is 1.67 bits per heavy atom. The SMILES string of the molecule is N=[N+]1C(=O)c2cc(Cl)c(Cl)c(Cl)c2C1=O. The number of carbonyl (C=O) groups excluding carboxylic acids is 2. The Morgan fingerprint density at radius 1 is 1.07 bits per heavy atom. The molecular formula is C8H2Cl3N2O2+. The van der Waals surface area contributed by atoms with Crippen LogP contribution in [0.4, 0.5) is 0 Å². The number of nitrogens with zero attached hydrogens (tertiary/aromatic N) is 1. The number of nitrogens with one attached hydrogen (secondary N) is 1. The number of benzene rings is 1. The fourth-order valence-electron chi connectivity index (χ4n) is 1.30. The summed E-state index contributed by atoms with van der Waals surface area (Å²) >= 11 is 17.2. The first-order chi connectivity index (χ1) is 6.95. The summed E-state index contributed by atoms with van der Waals surface area (Å²) in [5.41, 5.74) is 7.10. The summed E-state index contributed by atoms with van der Waals surface area (Å²) in [5.74, 6) is -1.55. The van der Waals surface area contributed by atoms with Crippen molar-refractivity contribution in [3.8, 4) is 0 Å². The zero-order valence-corrected chi connectivity index (χ0v) is 9.24. The van der Waals surface area contributed by atoms with E-state index in [1.54, 1.807) is 0 Å². The van der Waals surface area contributed by atoms with E-state index in [0.717, 1.165) is 0 Å². The molecule has 0 fully saturated rings. The third-order valence-electron chi connectivity index (χ3n) is 2.01. The monoisotopic (exact) mass is 263 g/mol. The lowest BCUT2D eigenvalue weighted by Crippen LogP contribution is -2.14. The van der Waals surface area contributed by atoms with Crippen molar-refractivity contribution >= 4 is 46.6 Å². The standard InChI is InChI=1S/C8H2Cl3N2O2/c9-3-1-2-4(6(11)5(3)10)8(15)13(12)7(2)14/h1,12H/q+1. The Morgan fingerprint density at radius 3 is 2.27 bits per heavy atom. The third-order valence-corrected chi connectivity index (χ3v) is 3.27.